The summed E-state index contributed by atoms with van der Waals surface area (Å²) in [7, 11) is 0. The number of benzene rings is 1. The van der Waals surface area contributed by atoms with Crippen LogP contribution in [0.15, 0.2) is 45.7 Å². The van der Waals surface area contributed by atoms with Crippen LogP contribution in [0.25, 0.3) is 21.3 Å². The first kappa shape index (κ1) is 21.5. The number of thiophene rings is 1. The highest BCUT2D eigenvalue weighted by atomic mass is 79.9. The highest BCUT2D eigenvalue weighted by molar-refractivity contribution is 9.10. The molecule has 0 aliphatic heterocycles. The molecular formula is C20H17BrClN5O3S. The summed E-state index contributed by atoms with van der Waals surface area (Å²) >= 11 is 10.9. The number of halogens is 2. The van der Waals surface area contributed by atoms with Crippen LogP contribution in [0.5, 0.6) is 11.8 Å². The van der Waals surface area contributed by atoms with E-state index in [2.05, 4.69) is 45.9 Å². The Bertz CT molecular complexity index is 1200. The molecule has 4 aromatic rings. The molecule has 4 rings (SSSR count). The quantitative estimate of drug-likeness (QED) is 0.315. The summed E-state index contributed by atoms with van der Waals surface area (Å²) < 4.78 is 11.3. The minimum absolute atomic E-state index is 0.262. The van der Waals surface area contributed by atoms with Crippen LogP contribution in [-0.4, -0.2) is 38.4 Å². The summed E-state index contributed by atoms with van der Waals surface area (Å²) in [6.07, 6.45) is 1.81. The number of aromatic hydroxyl groups is 1. The van der Waals surface area contributed by atoms with E-state index in [0.29, 0.717) is 34.6 Å². The Kier molecular flexibility index (Phi) is 6.69. The number of hydrogen-bond acceptors (Lipinski definition) is 9. The van der Waals surface area contributed by atoms with Crippen LogP contribution in [0, 0.1) is 0 Å². The summed E-state index contributed by atoms with van der Waals surface area (Å²) in [6.45, 7) is 3.06. The van der Waals surface area contributed by atoms with Gasteiger partial charge < -0.3 is 15.2 Å². The molecule has 8 nitrogen and oxygen atoms in total. The average molecular weight is 523 g/mol. The number of nitrogens with one attached hydrogen (secondary N) is 1. The van der Waals surface area contributed by atoms with Crippen molar-refractivity contribution < 1.29 is 14.4 Å². The maximum Gasteiger partial charge on any atom is 0.415 e. The van der Waals surface area contributed by atoms with Crippen molar-refractivity contribution in [3.05, 3.63) is 51.7 Å². The molecule has 0 aliphatic rings. The van der Waals surface area contributed by atoms with Gasteiger partial charge in [0.1, 0.15) is 22.8 Å². The largest absolute Gasteiger partial charge is 0.492 e. The van der Waals surface area contributed by atoms with Gasteiger partial charge in [0, 0.05) is 23.2 Å². The van der Waals surface area contributed by atoms with Crippen molar-refractivity contribution in [2.75, 3.05) is 18.5 Å². The fourth-order valence-electron chi connectivity index (χ4n) is 2.85. The molecule has 0 atom stereocenters. The molecular weight excluding hydrogens is 506 g/mol. The predicted molar refractivity (Wildman–Crippen MR) is 123 cm³/mol. The predicted octanol–water partition coefficient (Wildman–Crippen LogP) is 5.43. The van der Waals surface area contributed by atoms with Crippen molar-refractivity contribution in [3.63, 3.8) is 0 Å². The maximum absolute atomic E-state index is 9.37. The zero-order valence-electron chi connectivity index (χ0n) is 16.3. The summed E-state index contributed by atoms with van der Waals surface area (Å²) in [5.74, 6) is 1.57. The Labute approximate surface area is 195 Å². The van der Waals surface area contributed by atoms with Gasteiger partial charge in [-0.2, -0.15) is 4.98 Å². The summed E-state index contributed by atoms with van der Waals surface area (Å²) in [5, 5.41) is 17.1. The lowest BCUT2D eigenvalue weighted by atomic mass is 10.1. The molecule has 1 aromatic carbocycles. The number of ether oxygens (including phenoxy) is 1. The van der Waals surface area contributed by atoms with E-state index in [0.717, 1.165) is 27.0 Å². The van der Waals surface area contributed by atoms with E-state index in [1.165, 1.54) is 17.7 Å². The van der Waals surface area contributed by atoms with Crippen LogP contribution >= 0.6 is 38.9 Å². The van der Waals surface area contributed by atoms with Crippen LogP contribution in [0.4, 0.5) is 5.82 Å². The molecule has 3 heterocycles. The van der Waals surface area contributed by atoms with Gasteiger partial charge in [0.15, 0.2) is 0 Å². The summed E-state index contributed by atoms with van der Waals surface area (Å²) in [5.41, 5.74) is 1.86. The van der Waals surface area contributed by atoms with E-state index in [4.69, 9.17) is 16.3 Å². The van der Waals surface area contributed by atoms with E-state index in [1.54, 1.807) is 0 Å². The SMILES string of the molecule is CCOc1cc(-c2cc(NCCc3ccc(Br)c(Cl)c3)ncn2)sc1-c1noc(O)n1. The molecule has 3 aromatic heterocycles. The van der Waals surface area contributed by atoms with Gasteiger partial charge in [-0.3, -0.25) is 4.52 Å². The number of aromatic nitrogens is 4. The fraction of sp³-hybridized carbons (Fsp3) is 0.200. The standard InChI is InChI=1S/C20H17BrClN5O3S/c1-2-29-15-9-16(31-18(15)19-26-20(28)30-27-19)14-8-17(25-10-24-14)23-6-5-11-3-4-12(21)13(22)7-11/h3-4,7-10H,2,5-6H2,1H3,(H,23,24,25)(H,26,27,28). The lowest BCUT2D eigenvalue weighted by molar-refractivity contribution is 0.267. The molecule has 2 N–H and O–H groups in total. The van der Waals surface area contributed by atoms with Gasteiger partial charge in [0.25, 0.3) is 0 Å². The highest BCUT2D eigenvalue weighted by Gasteiger charge is 2.19. The third-order valence-corrected chi connectivity index (χ3v) is 6.61. The van der Waals surface area contributed by atoms with Gasteiger partial charge in [-0.15, -0.1) is 11.3 Å². The van der Waals surface area contributed by atoms with Crippen molar-refractivity contribution in [2.24, 2.45) is 0 Å². The van der Waals surface area contributed by atoms with E-state index in [1.807, 2.05) is 37.3 Å². The van der Waals surface area contributed by atoms with E-state index < -0.39 is 6.08 Å². The van der Waals surface area contributed by atoms with Crippen LogP contribution in [0.1, 0.15) is 12.5 Å². The maximum atomic E-state index is 9.37. The Hall–Kier alpha value is -2.69. The zero-order valence-corrected chi connectivity index (χ0v) is 19.5. The molecule has 0 radical (unpaired) electrons. The van der Waals surface area contributed by atoms with E-state index >= 15 is 0 Å². The second-order valence-corrected chi connectivity index (χ2v) is 8.67. The van der Waals surface area contributed by atoms with Gasteiger partial charge in [0.2, 0.25) is 5.82 Å². The minimum atomic E-state index is -0.493. The number of hydrogen-bond donors (Lipinski definition) is 2. The fourth-order valence-corrected chi connectivity index (χ4v) is 4.29. The van der Waals surface area contributed by atoms with Gasteiger partial charge in [0.05, 0.1) is 22.2 Å². The highest BCUT2D eigenvalue weighted by Crippen LogP contribution is 2.41. The first-order valence-corrected chi connectivity index (χ1v) is 11.3. The smallest absolute Gasteiger partial charge is 0.415 e. The monoisotopic (exact) mass is 521 g/mol. The van der Waals surface area contributed by atoms with Gasteiger partial charge in [-0.25, -0.2) is 9.97 Å². The van der Waals surface area contributed by atoms with Gasteiger partial charge in [-0.05, 0) is 47.0 Å². The molecule has 0 aliphatic carbocycles. The Balaban J connectivity index is 1.50. The second-order valence-electron chi connectivity index (χ2n) is 6.35. The molecule has 0 amide bonds. The van der Waals surface area contributed by atoms with Crippen molar-refractivity contribution >= 4 is 44.7 Å². The second kappa shape index (κ2) is 9.63. The molecule has 0 saturated heterocycles. The van der Waals surface area contributed by atoms with Crippen LogP contribution < -0.4 is 10.1 Å². The molecule has 11 heteroatoms. The van der Waals surface area contributed by atoms with Crippen LogP contribution in [0.2, 0.25) is 5.02 Å². The normalized spacial score (nSPS) is 10.9. The summed E-state index contributed by atoms with van der Waals surface area (Å²) in [6, 6.07) is 9.65. The molecule has 0 saturated carbocycles. The number of rotatable bonds is 8. The molecule has 160 valence electrons. The molecule has 0 fully saturated rings. The number of anilines is 1. The van der Waals surface area contributed by atoms with Crippen molar-refractivity contribution in [1.82, 2.24) is 20.1 Å². The van der Waals surface area contributed by atoms with E-state index in [-0.39, 0.29) is 5.82 Å². The first-order chi connectivity index (χ1) is 15.0. The zero-order chi connectivity index (χ0) is 21.8. The topological polar surface area (TPSA) is 106 Å². The van der Waals surface area contributed by atoms with Crippen LogP contribution in [0.3, 0.4) is 0 Å². The van der Waals surface area contributed by atoms with Crippen molar-refractivity contribution in [2.45, 2.75) is 13.3 Å². The van der Waals surface area contributed by atoms with Crippen molar-refractivity contribution in [1.29, 1.82) is 0 Å². The molecule has 0 bridgehead atoms. The molecule has 0 spiro atoms. The van der Waals surface area contributed by atoms with E-state index in [9.17, 15) is 5.11 Å². The molecule has 0 unspecified atom stereocenters. The number of nitrogens with zero attached hydrogens (tertiary/aromatic N) is 4. The third-order valence-electron chi connectivity index (χ3n) is 4.24. The van der Waals surface area contributed by atoms with Gasteiger partial charge >= 0.3 is 6.08 Å². The average Bonchev–Trinajstić information content (AvgIpc) is 3.37. The Morgan fingerprint density at radius 1 is 1.26 bits per heavy atom. The molecule has 31 heavy (non-hydrogen) atoms. The lowest BCUT2D eigenvalue weighted by Gasteiger charge is -2.07. The van der Waals surface area contributed by atoms with Gasteiger partial charge in [-0.1, -0.05) is 22.8 Å². The van der Waals surface area contributed by atoms with Crippen LogP contribution in [-0.2, 0) is 6.42 Å². The Morgan fingerprint density at radius 3 is 2.87 bits per heavy atom. The first-order valence-electron chi connectivity index (χ1n) is 9.33. The minimum Gasteiger partial charge on any atom is -0.492 e. The summed E-state index contributed by atoms with van der Waals surface area (Å²) in [4.78, 5) is 14.1. The van der Waals surface area contributed by atoms with Crippen molar-refractivity contribution in [3.8, 4) is 33.1 Å². The Morgan fingerprint density at radius 2 is 2.13 bits per heavy atom. The third kappa shape index (κ3) is 5.15. The lowest BCUT2D eigenvalue weighted by Crippen LogP contribution is -2.06.